The molecule has 0 radical (unpaired) electrons. The highest BCUT2D eigenvalue weighted by Crippen LogP contribution is 2.30. The zero-order valence-electron chi connectivity index (χ0n) is 13.3. The molecule has 0 unspecified atom stereocenters. The van der Waals surface area contributed by atoms with Crippen LogP contribution >= 0.6 is 11.8 Å². The third-order valence-electron chi connectivity index (χ3n) is 4.80. The van der Waals surface area contributed by atoms with E-state index in [0.717, 1.165) is 25.0 Å². The Morgan fingerprint density at radius 2 is 2.25 bits per heavy atom. The molecule has 2 aliphatic rings. The van der Waals surface area contributed by atoms with Crippen LogP contribution in [-0.2, 0) is 13.0 Å². The topological polar surface area (TPSA) is 64.0 Å². The van der Waals surface area contributed by atoms with E-state index in [-0.39, 0.29) is 17.0 Å². The number of aryl methyl sites for hydroxylation is 1. The maximum absolute atomic E-state index is 12.4. The lowest BCUT2D eigenvalue weighted by Gasteiger charge is -2.25. The summed E-state index contributed by atoms with van der Waals surface area (Å²) in [5.74, 6) is 0.842. The van der Waals surface area contributed by atoms with Crippen molar-refractivity contribution in [3.63, 3.8) is 0 Å². The predicted octanol–water partition coefficient (Wildman–Crippen LogP) is 2.20. The highest BCUT2D eigenvalue weighted by atomic mass is 32.2. The monoisotopic (exact) mass is 341 g/mol. The molecule has 1 aliphatic heterocycles. The largest absolute Gasteiger partial charge is 0.351 e. The van der Waals surface area contributed by atoms with Crippen LogP contribution < -0.4 is 10.9 Å². The molecule has 5 nitrogen and oxygen atoms in total. The van der Waals surface area contributed by atoms with Crippen LogP contribution in [0.25, 0.3) is 0 Å². The Balaban J connectivity index is 1.50. The molecule has 1 aromatic carbocycles. The number of rotatable bonds is 3. The van der Waals surface area contributed by atoms with Crippen LogP contribution in [-0.4, -0.2) is 27.8 Å². The van der Waals surface area contributed by atoms with Crippen LogP contribution in [0.1, 0.15) is 40.2 Å². The second-order valence-corrected chi connectivity index (χ2v) is 7.32. The molecule has 0 fully saturated rings. The molecule has 24 heavy (non-hydrogen) atoms. The minimum atomic E-state index is -0.317. The van der Waals surface area contributed by atoms with E-state index in [1.54, 1.807) is 16.3 Å². The summed E-state index contributed by atoms with van der Waals surface area (Å²) in [5, 5.41) is 3.65. The van der Waals surface area contributed by atoms with Gasteiger partial charge in [0, 0.05) is 31.0 Å². The number of hydrogen-bond acceptors (Lipinski definition) is 4. The van der Waals surface area contributed by atoms with Gasteiger partial charge >= 0.3 is 0 Å². The van der Waals surface area contributed by atoms with Gasteiger partial charge < -0.3 is 5.32 Å². The molecule has 0 spiro atoms. The van der Waals surface area contributed by atoms with Crippen molar-refractivity contribution in [3.8, 4) is 0 Å². The maximum Gasteiger partial charge on any atom is 0.267 e. The summed E-state index contributed by atoms with van der Waals surface area (Å²) in [6, 6.07) is 8.43. The van der Waals surface area contributed by atoms with Gasteiger partial charge in [-0.15, -0.1) is 0 Å². The molecule has 0 saturated carbocycles. The summed E-state index contributed by atoms with van der Waals surface area (Å²) in [5.41, 5.74) is 2.61. The fraction of sp³-hybridized carbons (Fsp3) is 0.389. The van der Waals surface area contributed by atoms with Crippen LogP contribution in [0, 0.1) is 0 Å². The third-order valence-corrected chi connectivity index (χ3v) is 5.77. The molecular formula is C18H19N3O2S. The molecule has 1 N–H and O–H groups in total. The van der Waals surface area contributed by atoms with Gasteiger partial charge in [0.05, 0.1) is 0 Å². The van der Waals surface area contributed by atoms with Gasteiger partial charge in [0.15, 0.2) is 5.16 Å². The van der Waals surface area contributed by atoms with Gasteiger partial charge in [-0.1, -0.05) is 36.0 Å². The lowest BCUT2D eigenvalue weighted by molar-refractivity contribution is 0.0947. The summed E-state index contributed by atoms with van der Waals surface area (Å²) >= 11 is 1.55. The average Bonchev–Trinajstić information content (AvgIpc) is 3.09. The summed E-state index contributed by atoms with van der Waals surface area (Å²) in [6.45, 7) is 1.19. The smallest absolute Gasteiger partial charge is 0.267 e. The zero-order valence-corrected chi connectivity index (χ0v) is 14.1. The molecule has 124 valence electrons. The minimum absolute atomic E-state index is 0.144. The number of thioether (sulfide) groups is 1. The maximum atomic E-state index is 12.4. The third kappa shape index (κ3) is 2.75. The Kier molecular flexibility index (Phi) is 4.14. The summed E-state index contributed by atoms with van der Waals surface area (Å²) in [6.07, 6.45) is 4.72. The lowest BCUT2D eigenvalue weighted by Crippen LogP contribution is -2.35. The molecule has 1 amide bonds. The number of fused-ring (bicyclic) bond motifs is 2. The van der Waals surface area contributed by atoms with Crippen molar-refractivity contribution in [1.29, 1.82) is 0 Å². The van der Waals surface area contributed by atoms with Gasteiger partial charge in [-0.3, -0.25) is 14.2 Å². The van der Waals surface area contributed by atoms with Crippen LogP contribution in [0.4, 0.5) is 0 Å². The number of nitrogens with one attached hydrogen (secondary N) is 1. The second kappa shape index (κ2) is 6.43. The number of nitrogens with zero attached hydrogens (tertiary/aromatic N) is 2. The van der Waals surface area contributed by atoms with E-state index in [1.165, 1.54) is 17.3 Å². The van der Waals surface area contributed by atoms with Crippen molar-refractivity contribution < 1.29 is 4.79 Å². The Hall–Kier alpha value is -2.08. The minimum Gasteiger partial charge on any atom is -0.351 e. The van der Waals surface area contributed by atoms with Gasteiger partial charge in [0.1, 0.15) is 5.56 Å². The predicted molar refractivity (Wildman–Crippen MR) is 93.7 cm³/mol. The summed E-state index contributed by atoms with van der Waals surface area (Å²) in [7, 11) is 0. The first-order valence-corrected chi connectivity index (χ1v) is 9.31. The van der Waals surface area contributed by atoms with Crippen molar-refractivity contribution in [2.75, 3.05) is 12.3 Å². The van der Waals surface area contributed by atoms with Gasteiger partial charge in [0.25, 0.3) is 11.5 Å². The Morgan fingerprint density at radius 1 is 1.38 bits per heavy atom. The van der Waals surface area contributed by atoms with E-state index in [4.69, 9.17) is 0 Å². The second-order valence-electron chi connectivity index (χ2n) is 6.26. The van der Waals surface area contributed by atoms with Crippen LogP contribution in [0.3, 0.4) is 0 Å². The van der Waals surface area contributed by atoms with Crippen LogP contribution in [0.15, 0.2) is 40.4 Å². The fourth-order valence-electron chi connectivity index (χ4n) is 3.55. The van der Waals surface area contributed by atoms with E-state index in [0.29, 0.717) is 24.2 Å². The molecule has 2 aromatic rings. The highest BCUT2D eigenvalue weighted by molar-refractivity contribution is 7.99. The van der Waals surface area contributed by atoms with Crippen molar-refractivity contribution >= 4 is 17.7 Å². The Bertz CT molecular complexity index is 846. The average molecular weight is 341 g/mol. The number of carbonyl (C=O) groups excluding carboxylic acids is 1. The molecule has 1 aliphatic carbocycles. The van der Waals surface area contributed by atoms with Crippen LogP contribution in [0.5, 0.6) is 0 Å². The van der Waals surface area contributed by atoms with Gasteiger partial charge in [-0.2, -0.15) is 0 Å². The number of hydrogen-bond donors (Lipinski definition) is 1. The van der Waals surface area contributed by atoms with E-state index >= 15 is 0 Å². The van der Waals surface area contributed by atoms with E-state index in [2.05, 4.69) is 28.5 Å². The molecule has 1 atom stereocenters. The number of aromatic nitrogens is 2. The summed E-state index contributed by atoms with van der Waals surface area (Å²) < 4.78 is 1.59. The molecule has 4 rings (SSSR count). The van der Waals surface area contributed by atoms with Crippen molar-refractivity contribution in [2.45, 2.75) is 36.9 Å². The number of amides is 1. The lowest BCUT2D eigenvalue weighted by atomic mass is 9.83. The van der Waals surface area contributed by atoms with E-state index < -0.39 is 0 Å². The van der Waals surface area contributed by atoms with Crippen LogP contribution in [0.2, 0.25) is 0 Å². The molecule has 6 heteroatoms. The molecule has 2 heterocycles. The SMILES string of the molecule is O=C(NC[C@@H]1CCCc2ccccc21)c1cnc2n(c1=O)CCS2. The van der Waals surface area contributed by atoms with Gasteiger partial charge in [-0.25, -0.2) is 4.98 Å². The van der Waals surface area contributed by atoms with Gasteiger partial charge in [-0.05, 0) is 30.4 Å². The highest BCUT2D eigenvalue weighted by Gasteiger charge is 2.23. The number of benzene rings is 1. The molecule has 1 aromatic heterocycles. The summed E-state index contributed by atoms with van der Waals surface area (Å²) in [4.78, 5) is 29.1. The first-order valence-electron chi connectivity index (χ1n) is 8.32. The molecular weight excluding hydrogens is 322 g/mol. The van der Waals surface area contributed by atoms with E-state index in [9.17, 15) is 9.59 Å². The molecule has 0 saturated heterocycles. The van der Waals surface area contributed by atoms with Gasteiger partial charge in [0.2, 0.25) is 0 Å². The Morgan fingerprint density at radius 3 is 3.17 bits per heavy atom. The Labute approximate surface area is 144 Å². The molecule has 0 bridgehead atoms. The first-order chi connectivity index (χ1) is 11.7. The van der Waals surface area contributed by atoms with Crippen molar-refractivity contribution in [3.05, 3.63) is 57.5 Å². The first kappa shape index (κ1) is 15.4. The van der Waals surface area contributed by atoms with E-state index in [1.807, 2.05) is 6.07 Å². The fourth-order valence-corrected chi connectivity index (χ4v) is 4.46. The normalized spacial score (nSPS) is 18.8. The number of carbonyl (C=O) groups is 1. The van der Waals surface area contributed by atoms with Crippen molar-refractivity contribution in [1.82, 2.24) is 14.9 Å². The standard InChI is InChI=1S/C18H19N3O2S/c22-16(15-11-20-18-21(17(15)23)8-9-24-18)19-10-13-6-3-5-12-4-1-2-7-14(12)13/h1-2,4,7,11,13H,3,5-6,8-10H2,(H,19,22)/t13-/m0/s1. The quantitative estimate of drug-likeness (QED) is 0.870. The zero-order chi connectivity index (χ0) is 16.5. The van der Waals surface area contributed by atoms with Crippen molar-refractivity contribution in [2.24, 2.45) is 0 Å².